The lowest BCUT2D eigenvalue weighted by Crippen LogP contribution is -2.40. The van der Waals surface area contributed by atoms with Crippen LogP contribution in [-0.4, -0.2) is 58.4 Å². The summed E-state index contributed by atoms with van der Waals surface area (Å²) in [6.07, 6.45) is 11.5. The van der Waals surface area contributed by atoms with Crippen LogP contribution in [0.1, 0.15) is 31.2 Å². The molecule has 0 aromatic carbocycles. The van der Waals surface area contributed by atoms with Crippen molar-refractivity contribution in [1.82, 2.24) is 19.8 Å². The molecule has 124 valence electrons. The lowest BCUT2D eigenvalue weighted by molar-refractivity contribution is -0.127. The van der Waals surface area contributed by atoms with Crippen molar-refractivity contribution in [2.75, 3.05) is 38.5 Å². The average molecular weight is 315 g/mol. The Balaban J connectivity index is 1.45. The van der Waals surface area contributed by atoms with Gasteiger partial charge in [-0.15, -0.1) is 0 Å². The van der Waals surface area contributed by atoms with Crippen LogP contribution >= 0.6 is 0 Å². The quantitative estimate of drug-likeness (QED) is 0.850. The molecule has 2 N–H and O–H groups in total. The molecule has 3 heterocycles. The van der Waals surface area contributed by atoms with Gasteiger partial charge in [0.05, 0.1) is 0 Å². The van der Waals surface area contributed by atoms with Gasteiger partial charge < -0.3 is 15.5 Å². The number of carbonyl (C=O) groups is 1. The fourth-order valence-electron chi connectivity index (χ4n) is 3.37. The Hall–Kier alpha value is -1.95. The molecular weight excluding hydrogens is 290 g/mol. The van der Waals surface area contributed by atoms with Crippen LogP contribution in [0.3, 0.4) is 0 Å². The Kier molecular flexibility index (Phi) is 5.23. The van der Waals surface area contributed by atoms with Crippen molar-refractivity contribution >= 4 is 17.9 Å². The summed E-state index contributed by atoms with van der Waals surface area (Å²) in [5.41, 5.74) is 6.23. The van der Waals surface area contributed by atoms with Crippen LogP contribution in [0.2, 0.25) is 0 Å². The molecule has 2 aliphatic heterocycles. The van der Waals surface area contributed by atoms with Crippen LogP contribution in [0, 0.1) is 5.92 Å². The van der Waals surface area contributed by atoms with Crippen molar-refractivity contribution in [1.29, 1.82) is 0 Å². The minimum absolute atomic E-state index is 0.0708. The predicted octanol–water partition coefficient (Wildman–Crippen LogP) is 1.41. The Morgan fingerprint density at radius 1 is 1.17 bits per heavy atom. The van der Waals surface area contributed by atoms with Crippen molar-refractivity contribution < 1.29 is 4.79 Å². The van der Waals surface area contributed by atoms with Gasteiger partial charge in [-0.05, 0) is 50.8 Å². The van der Waals surface area contributed by atoms with E-state index in [4.69, 9.17) is 5.73 Å². The molecular formula is C17H25N5O. The summed E-state index contributed by atoms with van der Waals surface area (Å²) in [6, 6.07) is 0. The Morgan fingerprint density at radius 2 is 1.83 bits per heavy atom. The van der Waals surface area contributed by atoms with Crippen LogP contribution in [-0.2, 0) is 4.79 Å². The highest BCUT2D eigenvalue weighted by Gasteiger charge is 2.24. The minimum Gasteiger partial charge on any atom is -0.368 e. The number of rotatable bonds is 4. The maximum Gasteiger partial charge on any atom is 0.246 e. The van der Waals surface area contributed by atoms with E-state index in [-0.39, 0.29) is 11.9 Å². The maximum absolute atomic E-state index is 12.3. The fourth-order valence-corrected chi connectivity index (χ4v) is 3.37. The second kappa shape index (κ2) is 7.55. The first-order chi connectivity index (χ1) is 11.2. The lowest BCUT2D eigenvalue weighted by atomic mass is 9.96. The molecule has 1 aromatic heterocycles. The molecule has 1 amide bonds. The van der Waals surface area contributed by atoms with E-state index < -0.39 is 0 Å². The van der Waals surface area contributed by atoms with Crippen LogP contribution in [0.25, 0.3) is 6.08 Å². The van der Waals surface area contributed by atoms with Crippen molar-refractivity contribution in [3.05, 3.63) is 24.0 Å². The molecule has 0 spiro atoms. The van der Waals surface area contributed by atoms with E-state index in [0.29, 0.717) is 0 Å². The van der Waals surface area contributed by atoms with Gasteiger partial charge in [-0.1, -0.05) is 0 Å². The highest BCUT2D eigenvalue weighted by molar-refractivity contribution is 5.91. The van der Waals surface area contributed by atoms with E-state index in [9.17, 15) is 4.79 Å². The molecule has 0 saturated carbocycles. The molecule has 2 aliphatic rings. The Labute approximate surface area is 137 Å². The fraction of sp³-hybridized carbons (Fsp3) is 0.588. The standard InChI is InChI=1S/C17H25N5O/c18-17-19-11-15(12-20-17)3-4-16(23)22-9-5-14(6-10-22)13-21-7-1-2-8-21/h3-4,11-12,14H,1-2,5-10,13H2,(H2,18,19,20). The van der Waals surface area contributed by atoms with Gasteiger partial charge in [-0.25, -0.2) is 9.97 Å². The number of carbonyl (C=O) groups excluding carboxylic acids is 1. The SMILES string of the molecule is Nc1ncc(C=CC(=O)N2CCC(CN3CCCC3)CC2)cn1. The Morgan fingerprint density at radius 3 is 2.48 bits per heavy atom. The first-order valence-electron chi connectivity index (χ1n) is 8.47. The van der Waals surface area contributed by atoms with Gasteiger partial charge in [0.1, 0.15) is 0 Å². The third kappa shape index (κ3) is 4.51. The molecule has 3 rings (SSSR count). The summed E-state index contributed by atoms with van der Waals surface area (Å²) < 4.78 is 0. The van der Waals surface area contributed by atoms with Crippen molar-refractivity contribution in [2.24, 2.45) is 5.92 Å². The van der Waals surface area contributed by atoms with Gasteiger partial charge in [-0.2, -0.15) is 0 Å². The smallest absolute Gasteiger partial charge is 0.246 e. The number of piperidine rings is 1. The van der Waals surface area contributed by atoms with E-state index in [0.717, 1.165) is 37.4 Å². The molecule has 0 atom stereocenters. The van der Waals surface area contributed by atoms with E-state index in [1.165, 1.54) is 32.5 Å². The summed E-state index contributed by atoms with van der Waals surface area (Å²) in [4.78, 5) is 24.6. The summed E-state index contributed by atoms with van der Waals surface area (Å²) >= 11 is 0. The van der Waals surface area contributed by atoms with Gasteiger partial charge >= 0.3 is 0 Å². The number of anilines is 1. The molecule has 1 aromatic rings. The van der Waals surface area contributed by atoms with E-state index in [2.05, 4.69) is 14.9 Å². The zero-order valence-electron chi connectivity index (χ0n) is 13.5. The van der Waals surface area contributed by atoms with Crippen LogP contribution in [0.4, 0.5) is 5.95 Å². The summed E-state index contributed by atoms with van der Waals surface area (Å²) in [7, 11) is 0. The second-order valence-corrected chi connectivity index (χ2v) is 6.48. The van der Waals surface area contributed by atoms with Crippen LogP contribution < -0.4 is 5.73 Å². The van der Waals surface area contributed by atoms with Gasteiger partial charge in [0.25, 0.3) is 0 Å². The topological polar surface area (TPSA) is 75.3 Å². The number of nitrogen functional groups attached to an aromatic ring is 1. The number of nitrogens with two attached hydrogens (primary N) is 1. The van der Waals surface area contributed by atoms with Gasteiger partial charge in [0.15, 0.2) is 0 Å². The number of likely N-dealkylation sites (tertiary alicyclic amines) is 2. The zero-order chi connectivity index (χ0) is 16.1. The number of amides is 1. The lowest BCUT2D eigenvalue weighted by Gasteiger charge is -2.33. The number of aromatic nitrogens is 2. The van der Waals surface area contributed by atoms with Crippen molar-refractivity contribution in [2.45, 2.75) is 25.7 Å². The molecule has 0 radical (unpaired) electrons. The van der Waals surface area contributed by atoms with Crippen LogP contribution in [0.15, 0.2) is 18.5 Å². The van der Waals surface area contributed by atoms with E-state index in [1.807, 2.05) is 4.90 Å². The number of hydrogen-bond donors (Lipinski definition) is 1. The summed E-state index contributed by atoms with van der Waals surface area (Å²) in [5.74, 6) is 1.06. The third-order valence-corrected chi connectivity index (χ3v) is 4.75. The van der Waals surface area contributed by atoms with E-state index in [1.54, 1.807) is 24.5 Å². The first-order valence-corrected chi connectivity index (χ1v) is 8.47. The van der Waals surface area contributed by atoms with Gasteiger partial charge in [0, 0.05) is 43.7 Å². The number of nitrogens with zero attached hydrogens (tertiary/aromatic N) is 4. The highest BCUT2D eigenvalue weighted by Crippen LogP contribution is 2.21. The van der Waals surface area contributed by atoms with Gasteiger partial charge in [-0.3, -0.25) is 4.79 Å². The zero-order valence-corrected chi connectivity index (χ0v) is 13.5. The monoisotopic (exact) mass is 315 g/mol. The molecule has 0 aliphatic carbocycles. The summed E-state index contributed by atoms with van der Waals surface area (Å²) in [5, 5.41) is 0. The minimum atomic E-state index is 0.0708. The highest BCUT2D eigenvalue weighted by atomic mass is 16.2. The van der Waals surface area contributed by atoms with Crippen molar-refractivity contribution in [3.63, 3.8) is 0 Å². The maximum atomic E-state index is 12.3. The average Bonchev–Trinajstić information content (AvgIpc) is 3.08. The molecule has 6 nitrogen and oxygen atoms in total. The molecule has 6 heteroatoms. The third-order valence-electron chi connectivity index (χ3n) is 4.75. The second-order valence-electron chi connectivity index (χ2n) is 6.48. The van der Waals surface area contributed by atoms with Crippen LogP contribution in [0.5, 0.6) is 0 Å². The summed E-state index contributed by atoms with van der Waals surface area (Å²) in [6.45, 7) is 5.44. The molecule has 23 heavy (non-hydrogen) atoms. The number of hydrogen-bond acceptors (Lipinski definition) is 5. The molecule has 0 bridgehead atoms. The first kappa shape index (κ1) is 15.9. The Bertz CT molecular complexity index is 543. The molecule has 2 fully saturated rings. The molecule has 0 unspecified atom stereocenters. The van der Waals surface area contributed by atoms with Crippen molar-refractivity contribution in [3.8, 4) is 0 Å². The largest absolute Gasteiger partial charge is 0.368 e. The van der Waals surface area contributed by atoms with E-state index >= 15 is 0 Å². The molecule has 2 saturated heterocycles. The predicted molar refractivity (Wildman–Crippen MR) is 90.5 cm³/mol. The normalized spacial score (nSPS) is 20.4. The van der Waals surface area contributed by atoms with Gasteiger partial charge in [0.2, 0.25) is 11.9 Å².